The van der Waals surface area contributed by atoms with Crippen molar-refractivity contribution in [2.75, 3.05) is 31.3 Å². The number of aromatic nitrogens is 1. The van der Waals surface area contributed by atoms with Crippen LogP contribution in [0.15, 0.2) is 30.3 Å². The second-order valence-electron chi connectivity index (χ2n) is 7.62. The molecule has 1 aliphatic heterocycles. The number of amides is 1. The van der Waals surface area contributed by atoms with E-state index in [2.05, 4.69) is 0 Å². The van der Waals surface area contributed by atoms with E-state index in [1.165, 1.54) is 11.3 Å². The van der Waals surface area contributed by atoms with Crippen LogP contribution in [0.1, 0.15) is 42.6 Å². The van der Waals surface area contributed by atoms with Crippen molar-refractivity contribution in [1.82, 2.24) is 4.98 Å². The van der Waals surface area contributed by atoms with Gasteiger partial charge < -0.3 is 14.2 Å². The van der Waals surface area contributed by atoms with Crippen molar-refractivity contribution in [2.45, 2.75) is 39.7 Å². The Labute approximate surface area is 197 Å². The van der Waals surface area contributed by atoms with Gasteiger partial charge in [0.1, 0.15) is 0 Å². The van der Waals surface area contributed by atoms with Crippen LogP contribution in [-0.2, 0) is 4.74 Å². The number of fused-ring (bicyclic) bond motifs is 1. The number of carbonyl (C=O) groups is 1. The fourth-order valence-corrected chi connectivity index (χ4v) is 5.11. The first-order valence-electron chi connectivity index (χ1n) is 10.9. The van der Waals surface area contributed by atoms with Gasteiger partial charge in [-0.3, -0.25) is 9.69 Å². The summed E-state index contributed by atoms with van der Waals surface area (Å²) in [4.78, 5) is 20.2. The smallest absolute Gasteiger partial charge is 0.260 e. The molecular weight excluding hydrogens is 448 g/mol. The van der Waals surface area contributed by atoms with E-state index in [1.54, 1.807) is 23.1 Å². The van der Waals surface area contributed by atoms with Gasteiger partial charge in [0, 0.05) is 12.2 Å². The predicted molar refractivity (Wildman–Crippen MR) is 129 cm³/mol. The molecule has 1 aliphatic rings. The van der Waals surface area contributed by atoms with Crippen LogP contribution in [0.5, 0.6) is 11.5 Å². The summed E-state index contributed by atoms with van der Waals surface area (Å²) in [6.07, 6.45) is 1.90. The van der Waals surface area contributed by atoms with E-state index in [-0.39, 0.29) is 12.0 Å². The van der Waals surface area contributed by atoms with Gasteiger partial charge in [-0.1, -0.05) is 29.0 Å². The number of thiazole rings is 1. The second kappa shape index (κ2) is 10.1. The SMILES string of the molecule is CCOc1ccc(C(=O)N(CC2CCCO2)c2nc3c(C)ccc(Cl)c3s2)cc1OCC. The largest absolute Gasteiger partial charge is 0.490 e. The fraction of sp³-hybridized carbons (Fsp3) is 0.417. The number of ether oxygens (including phenoxy) is 3. The fourth-order valence-electron chi connectivity index (χ4n) is 3.79. The van der Waals surface area contributed by atoms with Crippen LogP contribution in [0.4, 0.5) is 5.13 Å². The molecule has 0 bridgehead atoms. The topological polar surface area (TPSA) is 60.9 Å². The van der Waals surface area contributed by atoms with E-state index in [9.17, 15) is 4.79 Å². The Kier molecular flexibility index (Phi) is 7.18. The Morgan fingerprint density at radius 1 is 1.22 bits per heavy atom. The van der Waals surface area contributed by atoms with Crippen LogP contribution < -0.4 is 14.4 Å². The van der Waals surface area contributed by atoms with E-state index in [0.717, 1.165) is 35.2 Å². The molecule has 2 aromatic carbocycles. The maximum absolute atomic E-state index is 13.7. The van der Waals surface area contributed by atoms with Gasteiger partial charge in [0.15, 0.2) is 16.6 Å². The molecule has 1 fully saturated rings. The minimum absolute atomic E-state index is 0.0170. The molecule has 0 aliphatic carbocycles. The van der Waals surface area contributed by atoms with Crippen molar-refractivity contribution in [3.8, 4) is 11.5 Å². The second-order valence-corrected chi connectivity index (χ2v) is 9.00. The van der Waals surface area contributed by atoms with Crippen molar-refractivity contribution in [3.05, 3.63) is 46.5 Å². The minimum Gasteiger partial charge on any atom is -0.490 e. The van der Waals surface area contributed by atoms with Crippen LogP contribution in [0.2, 0.25) is 5.02 Å². The van der Waals surface area contributed by atoms with Gasteiger partial charge in [0.25, 0.3) is 5.91 Å². The number of carbonyl (C=O) groups excluding carboxylic acids is 1. The van der Waals surface area contributed by atoms with Crippen molar-refractivity contribution in [3.63, 3.8) is 0 Å². The zero-order valence-electron chi connectivity index (χ0n) is 18.5. The molecule has 1 saturated heterocycles. The number of anilines is 1. The van der Waals surface area contributed by atoms with Crippen molar-refractivity contribution in [1.29, 1.82) is 0 Å². The first kappa shape index (κ1) is 22.8. The zero-order valence-corrected chi connectivity index (χ0v) is 20.1. The average molecular weight is 475 g/mol. The lowest BCUT2D eigenvalue weighted by Gasteiger charge is -2.23. The molecule has 6 nitrogen and oxygen atoms in total. The molecule has 1 amide bonds. The molecule has 32 heavy (non-hydrogen) atoms. The number of rotatable bonds is 8. The lowest BCUT2D eigenvalue weighted by Crippen LogP contribution is -2.37. The van der Waals surface area contributed by atoms with Gasteiger partial charge in [-0.05, 0) is 63.4 Å². The number of benzene rings is 2. The highest BCUT2D eigenvalue weighted by atomic mass is 35.5. The van der Waals surface area contributed by atoms with E-state index < -0.39 is 0 Å². The quantitative estimate of drug-likeness (QED) is 0.408. The third-order valence-corrected chi connectivity index (χ3v) is 6.90. The Morgan fingerprint density at radius 2 is 2.00 bits per heavy atom. The van der Waals surface area contributed by atoms with Crippen LogP contribution in [0.3, 0.4) is 0 Å². The molecule has 1 atom stereocenters. The summed E-state index contributed by atoms with van der Waals surface area (Å²) in [6, 6.07) is 9.11. The molecule has 0 N–H and O–H groups in total. The summed E-state index contributed by atoms with van der Waals surface area (Å²) in [5.41, 5.74) is 2.36. The normalized spacial score (nSPS) is 15.8. The Bertz CT molecular complexity index is 1070. The molecule has 1 unspecified atom stereocenters. The van der Waals surface area contributed by atoms with Crippen LogP contribution >= 0.6 is 22.9 Å². The molecular formula is C24H27ClN2O4S. The van der Waals surface area contributed by atoms with Crippen LogP contribution in [0, 0.1) is 6.92 Å². The first-order chi connectivity index (χ1) is 15.5. The Morgan fingerprint density at radius 3 is 2.69 bits per heavy atom. The van der Waals surface area contributed by atoms with E-state index >= 15 is 0 Å². The van der Waals surface area contributed by atoms with E-state index in [0.29, 0.717) is 47.0 Å². The van der Waals surface area contributed by atoms with Gasteiger partial charge in [-0.15, -0.1) is 0 Å². The summed E-state index contributed by atoms with van der Waals surface area (Å²) in [5.74, 6) is 1.02. The van der Waals surface area contributed by atoms with Crippen LogP contribution in [0.25, 0.3) is 10.2 Å². The molecule has 0 radical (unpaired) electrons. The summed E-state index contributed by atoms with van der Waals surface area (Å²) < 4.78 is 18.1. The number of aryl methyl sites for hydroxylation is 1. The van der Waals surface area contributed by atoms with E-state index in [1.807, 2.05) is 32.9 Å². The molecule has 2 heterocycles. The van der Waals surface area contributed by atoms with Gasteiger partial charge >= 0.3 is 0 Å². The Hall–Kier alpha value is -2.35. The standard InChI is InChI=1S/C24H27ClN2O4S/c1-4-29-19-11-9-16(13-20(19)30-5-2)23(28)27(14-17-7-6-12-31-17)24-26-21-15(3)8-10-18(25)22(21)32-24/h8-11,13,17H,4-7,12,14H2,1-3H3. The zero-order chi connectivity index (χ0) is 22.7. The summed E-state index contributed by atoms with van der Waals surface area (Å²) in [6.45, 7) is 7.97. The van der Waals surface area contributed by atoms with Gasteiger partial charge in [-0.25, -0.2) is 4.98 Å². The highest BCUT2D eigenvalue weighted by molar-refractivity contribution is 7.23. The van der Waals surface area contributed by atoms with Crippen molar-refractivity contribution < 1.29 is 19.0 Å². The van der Waals surface area contributed by atoms with Crippen LogP contribution in [-0.4, -0.2) is 43.4 Å². The lowest BCUT2D eigenvalue weighted by atomic mass is 10.1. The predicted octanol–water partition coefficient (Wildman–Crippen LogP) is 5.88. The number of hydrogen-bond donors (Lipinski definition) is 0. The molecule has 0 spiro atoms. The average Bonchev–Trinajstić information content (AvgIpc) is 3.46. The maximum Gasteiger partial charge on any atom is 0.260 e. The highest BCUT2D eigenvalue weighted by Crippen LogP contribution is 2.37. The minimum atomic E-state index is -0.155. The molecule has 4 rings (SSSR count). The maximum atomic E-state index is 13.7. The number of hydrogen-bond acceptors (Lipinski definition) is 6. The van der Waals surface area contributed by atoms with Gasteiger partial charge in [0.05, 0.1) is 41.1 Å². The highest BCUT2D eigenvalue weighted by Gasteiger charge is 2.28. The van der Waals surface area contributed by atoms with Gasteiger partial charge in [0.2, 0.25) is 0 Å². The Balaban J connectivity index is 1.73. The number of nitrogens with zero attached hydrogens (tertiary/aromatic N) is 2. The van der Waals surface area contributed by atoms with Crippen molar-refractivity contribution in [2.24, 2.45) is 0 Å². The molecule has 3 aromatic rings. The van der Waals surface area contributed by atoms with Gasteiger partial charge in [-0.2, -0.15) is 0 Å². The van der Waals surface area contributed by atoms with E-state index in [4.69, 9.17) is 30.8 Å². The summed E-state index contributed by atoms with van der Waals surface area (Å²) in [5, 5.41) is 1.25. The molecule has 170 valence electrons. The molecule has 8 heteroatoms. The monoisotopic (exact) mass is 474 g/mol. The molecule has 1 aromatic heterocycles. The number of halogens is 1. The first-order valence-corrected chi connectivity index (χ1v) is 12.1. The summed E-state index contributed by atoms with van der Waals surface area (Å²) >= 11 is 7.86. The third-order valence-electron chi connectivity index (χ3n) is 5.36. The third kappa shape index (κ3) is 4.70. The van der Waals surface area contributed by atoms with Crippen molar-refractivity contribution >= 4 is 44.2 Å². The lowest BCUT2D eigenvalue weighted by molar-refractivity contribution is 0.0917. The summed E-state index contributed by atoms with van der Waals surface area (Å²) in [7, 11) is 0. The molecule has 0 saturated carbocycles.